The SMILES string of the molecule is NC1CC2CCC(C1)N2C(=O)c1cc(O)ccc1O. The fraction of sp³-hybridized carbons (Fsp3) is 0.500. The van der Waals surface area contributed by atoms with Crippen molar-refractivity contribution in [2.75, 3.05) is 0 Å². The van der Waals surface area contributed by atoms with Crippen LogP contribution in [0.3, 0.4) is 0 Å². The maximum atomic E-state index is 12.6. The Morgan fingerprint density at radius 3 is 2.47 bits per heavy atom. The third-order valence-corrected chi connectivity index (χ3v) is 4.21. The zero-order valence-electron chi connectivity index (χ0n) is 10.6. The van der Waals surface area contributed by atoms with Gasteiger partial charge in [0, 0.05) is 18.1 Å². The summed E-state index contributed by atoms with van der Waals surface area (Å²) in [5.74, 6) is -0.299. The number of rotatable bonds is 1. The van der Waals surface area contributed by atoms with E-state index in [0.717, 1.165) is 25.7 Å². The molecule has 102 valence electrons. The number of aromatic hydroxyl groups is 2. The molecule has 1 aromatic carbocycles. The van der Waals surface area contributed by atoms with Gasteiger partial charge in [0.1, 0.15) is 11.5 Å². The van der Waals surface area contributed by atoms with E-state index < -0.39 is 0 Å². The fourth-order valence-corrected chi connectivity index (χ4v) is 3.39. The van der Waals surface area contributed by atoms with Gasteiger partial charge >= 0.3 is 0 Å². The smallest absolute Gasteiger partial charge is 0.258 e. The number of fused-ring (bicyclic) bond motifs is 2. The summed E-state index contributed by atoms with van der Waals surface area (Å²) >= 11 is 0. The third-order valence-electron chi connectivity index (χ3n) is 4.21. The van der Waals surface area contributed by atoms with Gasteiger partial charge in [-0.15, -0.1) is 0 Å². The van der Waals surface area contributed by atoms with Crippen molar-refractivity contribution >= 4 is 5.91 Å². The lowest BCUT2D eigenvalue weighted by Crippen LogP contribution is -2.50. The standard InChI is InChI=1S/C14H18N2O3/c15-8-5-9-1-2-10(6-8)16(9)14(19)12-7-11(17)3-4-13(12)18/h3-4,7-10,17-18H,1-2,5-6,15H2. The van der Waals surface area contributed by atoms with Gasteiger partial charge in [-0.05, 0) is 43.9 Å². The Balaban J connectivity index is 1.90. The zero-order chi connectivity index (χ0) is 13.6. The van der Waals surface area contributed by atoms with Gasteiger partial charge in [-0.2, -0.15) is 0 Å². The first-order valence-corrected chi connectivity index (χ1v) is 6.66. The molecule has 0 aromatic heterocycles. The van der Waals surface area contributed by atoms with Crippen molar-refractivity contribution in [1.82, 2.24) is 4.90 Å². The quantitative estimate of drug-likeness (QED) is 0.663. The summed E-state index contributed by atoms with van der Waals surface area (Å²) in [7, 11) is 0. The van der Waals surface area contributed by atoms with Crippen molar-refractivity contribution in [1.29, 1.82) is 0 Å². The maximum Gasteiger partial charge on any atom is 0.258 e. The number of amides is 1. The zero-order valence-corrected chi connectivity index (χ0v) is 10.6. The molecule has 19 heavy (non-hydrogen) atoms. The molecular formula is C14H18N2O3. The van der Waals surface area contributed by atoms with E-state index in [1.54, 1.807) is 0 Å². The minimum atomic E-state index is -0.201. The van der Waals surface area contributed by atoms with Gasteiger partial charge in [-0.3, -0.25) is 4.79 Å². The van der Waals surface area contributed by atoms with Crippen LogP contribution in [0.4, 0.5) is 0 Å². The van der Waals surface area contributed by atoms with Crippen LogP contribution in [0.15, 0.2) is 18.2 Å². The van der Waals surface area contributed by atoms with E-state index in [1.807, 2.05) is 4.90 Å². The van der Waals surface area contributed by atoms with E-state index in [9.17, 15) is 15.0 Å². The van der Waals surface area contributed by atoms with Crippen molar-refractivity contribution in [3.8, 4) is 11.5 Å². The van der Waals surface area contributed by atoms with Crippen LogP contribution < -0.4 is 5.73 Å². The van der Waals surface area contributed by atoms with Gasteiger partial charge < -0.3 is 20.8 Å². The van der Waals surface area contributed by atoms with Crippen LogP contribution in [0.25, 0.3) is 0 Å². The highest BCUT2D eigenvalue weighted by Gasteiger charge is 2.42. The van der Waals surface area contributed by atoms with Gasteiger partial charge in [0.15, 0.2) is 0 Å². The Kier molecular flexibility index (Phi) is 2.86. The summed E-state index contributed by atoms with van der Waals surface area (Å²) in [4.78, 5) is 14.4. The molecule has 2 unspecified atom stereocenters. The molecule has 2 aliphatic rings. The minimum absolute atomic E-state index is 0.0118. The molecule has 0 spiro atoms. The topological polar surface area (TPSA) is 86.8 Å². The van der Waals surface area contributed by atoms with E-state index in [4.69, 9.17) is 5.73 Å². The monoisotopic (exact) mass is 262 g/mol. The molecule has 5 nitrogen and oxygen atoms in total. The predicted octanol–water partition coefficient (Wildman–Crippen LogP) is 1.19. The minimum Gasteiger partial charge on any atom is -0.508 e. The first-order valence-electron chi connectivity index (χ1n) is 6.66. The van der Waals surface area contributed by atoms with Gasteiger partial charge in [-0.1, -0.05) is 0 Å². The molecule has 0 radical (unpaired) electrons. The molecule has 0 saturated carbocycles. The number of benzene rings is 1. The summed E-state index contributed by atoms with van der Waals surface area (Å²) < 4.78 is 0. The second-order valence-corrected chi connectivity index (χ2v) is 5.53. The van der Waals surface area contributed by atoms with Crippen LogP contribution in [0, 0.1) is 0 Å². The van der Waals surface area contributed by atoms with E-state index in [0.29, 0.717) is 0 Å². The Labute approximate surface area is 111 Å². The molecular weight excluding hydrogens is 244 g/mol. The number of carbonyl (C=O) groups excluding carboxylic acids is 1. The van der Waals surface area contributed by atoms with E-state index in [2.05, 4.69) is 0 Å². The summed E-state index contributed by atoms with van der Waals surface area (Å²) in [6.07, 6.45) is 3.59. The Morgan fingerprint density at radius 1 is 1.21 bits per heavy atom. The number of hydrogen-bond donors (Lipinski definition) is 3. The van der Waals surface area contributed by atoms with Crippen LogP contribution in [-0.4, -0.2) is 39.1 Å². The molecule has 2 fully saturated rings. The number of phenolic OH excluding ortho intramolecular Hbond substituents is 2. The maximum absolute atomic E-state index is 12.6. The highest BCUT2D eigenvalue weighted by atomic mass is 16.3. The van der Waals surface area contributed by atoms with Gasteiger partial charge in [-0.25, -0.2) is 0 Å². The molecule has 0 aliphatic carbocycles. The lowest BCUT2D eigenvalue weighted by molar-refractivity contribution is 0.0571. The largest absolute Gasteiger partial charge is 0.508 e. The molecule has 2 heterocycles. The number of nitrogens with zero attached hydrogens (tertiary/aromatic N) is 1. The molecule has 2 saturated heterocycles. The van der Waals surface area contributed by atoms with Crippen molar-refractivity contribution in [3.63, 3.8) is 0 Å². The van der Waals surface area contributed by atoms with Gasteiger partial charge in [0.05, 0.1) is 5.56 Å². The fourth-order valence-electron chi connectivity index (χ4n) is 3.39. The van der Waals surface area contributed by atoms with Crippen molar-refractivity contribution < 1.29 is 15.0 Å². The molecule has 3 rings (SSSR count). The highest BCUT2D eigenvalue weighted by Crippen LogP contribution is 2.37. The molecule has 5 heteroatoms. The average molecular weight is 262 g/mol. The lowest BCUT2D eigenvalue weighted by Gasteiger charge is -2.37. The van der Waals surface area contributed by atoms with Crippen LogP contribution in [-0.2, 0) is 0 Å². The molecule has 2 bridgehead atoms. The van der Waals surface area contributed by atoms with Crippen LogP contribution in [0.5, 0.6) is 11.5 Å². The Hall–Kier alpha value is -1.75. The average Bonchev–Trinajstić information content (AvgIpc) is 2.64. The molecule has 1 aromatic rings. The summed E-state index contributed by atoms with van der Waals surface area (Å²) in [5.41, 5.74) is 6.16. The van der Waals surface area contributed by atoms with Crippen molar-refractivity contribution in [2.45, 2.75) is 43.8 Å². The highest BCUT2D eigenvalue weighted by molar-refractivity contribution is 5.97. The Bertz CT molecular complexity index is 503. The first-order chi connectivity index (χ1) is 9.06. The van der Waals surface area contributed by atoms with E-state index in [-0.39, 0.29) is 41.1 Å². The third kappa shape index (κ3) is 2.04. The normalized spacial score (nSPS) is 29.5. The second-order valence-electron chi connectivity index (χ2n) is 5.53. The molecule has 2 atom stereocenters. The number of nitrogens with two attached hydrogens (primary N) is 1. The van der Waals surface area contributed by atoms with Crippen molar-refractivity contribution in [3.05, 3.63) is 23.8 Å². The number of carbonyl (C=O) groups is 1. The van der Waals surface area contributed by atoms with Gasteiger partial charge in [0.25, 0.3) is 5.91 Å². The summed E-state index contributed by atoms with van der Waals surface area (Å²) in [6.45, 7) is 0. The summed E-state index contributed by atoms with van der Waals surface area (Å²) in [6, 6.07) is 4.55. The molecule has 1 amide bonds. The number of phenols is 2. The number of hydrogen-bond acceptors (Lipinski definition) is 4. The molecule has 4 N–H and O–H groups in total. The van der Waals surface area contributed by atoms with E-state index >= 15 is 0 Å². The van der Waals surface area contributed by atoms with Gasteiger partial charge in [0.2, 0.25) is 0 Å². The predicted molar refractivity (Wildman–Crippen MR) is 70.0 cm³/mol. The van der Waals surface area contributed by atoms with Crippen molar-refractivity contribution in [2.24, 2.45) is 5.73 Å². The number of piperidine rings is 1. The summed E-state index contributed by atoms with van der Waals surface area (Å²) in [5, 5.41) is 19.3. The van der Waals surface area contributed by atoms with Crippen LogP contribution >= 0.6 is 0 Å². The molecule has 2 aliphatic heterocycles. The first kappa shape index (κ1) is 12.3. The lowest BCUT2D eigenvalue weighted by atomic mass is 9.97. The van der Waals surface area contributed by atoms with Crippen LogP contribution in [0.1, 0.15) is 36.0 Å². The van der Waals surface area contributed by atoms with E-state index in [1.165, 1.54) is 18.2 Å². The van der Waals surface area contributed by atoms with Crippen LogP contribution in [0.2, 0.25) is 0 Å². The Morgan fingerprint density at radius 2 is 1.84 bits per heavy atom. The second kappa shape index (κ2) is 4.42.